The summed E-state index contributed by atoms with van der Waals surface area (Å²) in [4.78, 5) is 3.04. The van der Waals surface area contributed by atoms with Gasteiger partial charge < -0.3 is 4.74 Å². The van der Waals surface area contributed by atoms with Gasteiger partial charge in [0.15, 0.2) is 14.7 Å². The first-order valence-electron chi connectivity index (χ1n) is 10.8. The van der Waals surface area contributed by atoms with Gasteiger partial charge in [-0.05, 0) is 66.4 Å². The molecule has 0 aliphatic carbocycles. The van der Waals surface area contributed by atoms with Gasteiger partial charge in [-0.3, -0.25) is 4.55 Å². The van der Waals surface area contributed by atoms with E-state index in [1.807, 2.05) is 31.2 Å². The van der Waals surface area contributed by atoms with Crippen LogP contribution in [0.3, 0.4) is 0 Å². The summed E-state index contributed by atoms with van der Waals surface area (Å²) >= 11 is 0. The molecule has 2 atom stereocenters. The summed E-state index contributed by atoms with van der Waals surface area (Å²) in [5.41, 5.74) is 2.33. The Hall–Kier alpha value is -2.49. The number of rotatable bonds is 8. The van der Waals surface area contributed by atoms with E-state index in [2.05, 4.69) is 45.0 Å². The lowest BCUT2D eigenvalue weighted by molar-refractivity contribution is -0.0110. The Morgan fingerprint density at radius 3 is 1.69 bits per heavy atom. The third-order valence-electron chi connectivity index (χ3n) is 5.46. The first-order chi connectivity index (χ1) is 16.2. The topological polar surface area (TPSA) is 63.6 Å². The molecule has 9 heteroatoms. The Labute approximate surface area is 207 Å². The van der Waals surface area contributed by atoms with Crippen molar-refractivity contribution >= 4 is 21.0 Å². The highest BCUT2D eigenvalue weighted by Crippen LogP contribution is 2.34. The van der Waals surface area contributed by atoms with Crippen LogP contribution in [0.1, 0.15) is 31.9 Å². The van der Waals surface area contributed by atoms with E-state index >= 15 is 0 Å². The van der Waals surface area contributed by atoms with Gasteiger partial charge in [-0.15, -0.1) is 0 Å². The number of alkyl halides is 3. The van der Waals surface area contributed by atoms with Crippen LogP contribution in [-0.4, -0.2) is 31.0 Å². The van der Waals surface area contributed by atoms with Crippen molar-refractivity contribution in [2.75, 3.05) is 6.61 Å². The number of halogens is 3. The van der Waals surface area contributed by atoms with E-state index in [0.717, 1.165) is 20.2 Å². The summed E-state index contributed by atoms with van der Waals surface area (Å²) in [7, 11) is -6.18. The highest BCUT2D eigenvalue weighted by Gasteiger charge is 2.54. The van der Waals surface area contributed by atoms with Crippen LogP contribution in [0.25, 0.3) is 0 Å². The van der Waals surface area contributed by atoms with Crippen molar-refractivity contribution in [2.45, 2.75) is 59.2 Å². The maximum Gasteiger partial charge on any atom is 0.327 e. The maximum absolute atomic E-state index is 14.2. The minimum absolute atomic E-state index is 0.00406. The fourth-order valence-corrected chi connectivity index (χ4v) is 5.75. The van der Waals surface area contributed by atoms with E-state index in [1.54, 1.807) is 12.1 Å². The third-order valence-corrected chi connectivity index (χ3v) is 8.85. The van der Waals surface area contributed by atoms with Crippen molar-refractivity contribution in [3.63, 3.8) is 0 Å². The SMILES string of the molecule is Cc1ccc([S+](c2ccc(OCC(F)(C(F)F)S(=O)(=O)O)cc2)c2ccc(C(C)(C)C)cc2)cc1. The Balaban J connectivity index is 1.92. The predicted molar refractivity (Wildman–Crippen MR) is 132 cm³/mol. The molecule has 0 fully saturated rings. The number of hydrogen-bond acceptors (Lipinski definition) is 3. The van der Waals surface area contributed by atoms with Crippen molar-refractivity contribution in [3.05, 3.63) is 83.9 Å². The minimum atomic E-state index is -5.69. The smallest absolute Gasteiger partial charge is 0.327 e. The molecule has 35 heavy (non-hydrogen) atoms. The molecule has 2 unspecified atom stereocenters. The molecule has 0 saturated carbocycles. The van der Waals surface area contributed by atoms with Crippen molar-refractivity contribution < 1.29 is 30.9 Å². The van der Waals surface area contributed by atoms with Crippen molar-refractivity contribution in [1.29, 1.82) is 0 Å². The first kappa shape index (κ1) is 27.1. The molecular formula is C26H28F3O4S2+. The van der Waals surface area contributed by atoms with Crippen LogP contribution in [-0.2, 0) is 26.4 Å². The second-order valence-electron chi connectivity index (χ2n) is 9.22. The molecule has 0 spiro atoms. The Morgan fingerprint density at radius 2 is 1.29 bits per heavy atom. The fourth-order valence-electron chi connectivity index (χ4n) is 3.28. The molecule has 188 valence electrons. The zero-order valence-electron chi connectivity index (χ0n) is 19.8. The molecule has 1 N–H and O–H groups in total. The van der Waals surface area contributed by atoms with E-state index < -0.39 is 39.0 Å². The molecule has 0 amide bonds. The van der Waals surface area contributed by atoms with E-state index in [0.29, 0.717) is 0 Å². The van der Waals surface area contributed by atoms with Gasteiger partial charge in [0.25, 0.3) is 6.43 Å². The van der Waals surface area contributed by atoms with Crippen molar-refractivity contribution in [3.8, 4) is 5.75 Å². The van der Waals surface area contributed by atoms with Gasteiger partial charge >= 0.3 is 15.1 Å². The average Bonchev–Trinajstić information content (AvgIpc) is 2.78. The number of hydrogen-bond donors (Lipinski definition) is 1. The van der Waals surface area contributed by atoms with Crippen LogP contribution in [0.5, 0.6) is 5.75 Å². The molecular weight excluding hydrogens is 497 g/mol. The third kappa shape index (κ3) is 6.20. The second kappa shape index (κ2) is 10.2. The van der Waals surface area contributed by atoms with Crippen LogP contribution >= 0.6 is 0 Å². The molecule has 3 rings (SSSR count). The van der Waals surface area contributed by atoms with Gasteiger partial charge in [-0.2, -0.15) is 8.42 Å². The van der Waals surface area contributed by atoms with E-state index in [1.165, 1.54) is 17.7 Å². The quantitative estimate of drug-likeness (QED) is 0.266. The number of aryl methyl sites for hydroxylation is 1. The van der Waals surface area contributed by atoms with Gasteiger partial charge in [0.05, 0.1) is 10.9 Å². The van der Waals surface area contributed by atoms with Crippen LogP contribution in [0.4, 0.5) is 13.2 Å². The first-order valence-corrected chi connectivity index (χ1v) is 13.5. The average molecular weight is 526 g/mol. The predicted octanol–water partition coefficient (Wildman–Crippen LogP) is 6.59. The Morgan fingerprint density at radius 1 is 0.857 bits per heavy atom. The molecule has 0 aliphatic heterocycles. The standard InChI is InChI=1S/C26H27F3O4S2/c1-18-5-11-21(12-6-18)34(22-13-7-19(8-14-22)25(2,3)4)23-15-9-20(10-16-23)33-17-26(29,24(27)28)35(30,31)32/h5-16,24H,17H2,1-4H3/p+1. The summed E-state index contributed by atoms with van der Waals surface area (Å²) < 4.78 is 76.2. The van der Waals surface area contributed by atoms with Gasteiger partial charge in [0.1, 0.15) is 12.4 Å². The maximum atomic E-state index is 14.2. The van der Waals surface area contributed by atoms with Crippen LogP contribution in [0.2, 0.25) is 0 Å². The summed E-state index contributed by atoms with van der Waals surface area (Å²) in [6, 6.07) is 22.9. The van der Waals surface area contributed by atoms with Crippen LogP contribution in [0.15, 0.2) is 87.5 Å². The minimum Gasteiger partial charge on any atom is -0.489 e. The van der Waals surface area contributed by atoms with E-state index in [-0.39, 0.29) is 11.2 Å². The van der Waals surface area contributed by atoms with Crippen molar-refractivity contribution in [2.24, 2.45) is 0 Å². The highest BCUT2D eigenvalue weighted by molar-refractivity contribution is 7.97. The Kier molecular flexibility index (Phi) is 7.93. The molecule has 0 bridgehead atoms. The van der Waals surface area contributed by atoms with E-state index in [9.17, 15) is 21.6 Å². The summed E-state index contributed by atoms with van der Waals surface area (Å²) in [6.07, 6.45) is -3.97. The zero-order chi connectivity index (χ0) is 26.0. The molecule has 3 aromatic rings. The van der Waals surface area contributed by atoms with Gasteiger partial charge in [-0.25, -0.2) is 13.2 Å². The number of ether oxygens (including phenoxy) is 1. The molecule has 4 nitrogen and oxygen atoms in total. The zero-order valence-corrected chi connectivity index (χ0v) is 21.5. The van der Waals surface area contributed by atoms with Gasteiger partial charge in [-0.1, -0.05) is 50.6 Å². The molecule has 0 radical (unpaired) electrons. The monoisotopic (exact) mass is 525 g/mol. The molecule has 3 aromatic carbocycles. The molecule has 0 heterocycles. The molecule has 0 saturated heterocycles. The lowest BCUT2D eigenvalue weighted by Gasteiger charge is -2.21. The summed E-state index contributed by atoms with van der Waals surface area (Å²) in [6.45, 7) is 6.89. The molecule has 0 aromatic heterocycles. The lowest BCUT2D eigenvalue weighted by Crippen LogP contribution is -2.46. The fraction of sp³-hybridized carbons (Fsp3) is 0.308. The van der Waals surface area contributed by atoms with Gasteiger partial charge in [0.2, 0.25) is 0 Å². The normalized spacial score (nSPS) is 15.0. The van der Waals surface area contributed by atoms with Crippen LogP contribution < -0.4 is 4.74 Å². The lowest BCUT2D eigenvalue weighted by atomic mass is 9.87. The largest absolute Gasteiger partial charge is 0.489 e. The second-order valence-corrected chi connectivity index (χ2v) is 12.9. The Bertz CT molecular complexity index is 1240. The van der Waals surface area contributed by atoms with Gasteiger partial charge in [0, 0.05) is 0 Å². The number of benzene rings is 3. The molecule has 0 aliphatic rings. The van der Waals surface area contributed by atoms with Crippen LogP contribution in [0, 0.1) is 6.92 Å². The van der Waals surface area contributed by atoms with E-state index in [4.69, 9.17) is 9.29 Å². The highest BCUT2D eigenvalue weighted by atomic mass is 32.2. The van der Waals surface area contributed by atoms with Crippen molar-refractivity contribution in [1.82, 2.24) is 0 Å². The summed E-state index contributed by atoms with van der Waals surface area (Å²) in [5.74, 6) is -0.00406. The summed E-state index contributed by atoms with van der Waals surface area (Å²) in [5, 5.41) is -4.22.